The Morgan fingerprint density at radius 1 is 0.512 bits per heavy atom. The second kappa shape index (κ2) is 10.8. The molecule has 0 fully saturated rings. The van der Waals surface area contributed by atoms with Gasteiger partial charge in [-0.05, 0) is 77.0 Å². The SMILES string of the molecule is c1ccc(-c2ccc3c(c2)c2ccccc2n3-c2ccc(C3=NC(c4ccccc4)[N-]C(c4ccccc4)N3)cc2)cc1. The van der Waals surface area contributed by atoms with Gasteiger partial charge in [0.2, 0.25) is 0 Å². The summed E-state index contributed by atoms with van der Waals surface area (Å²) in [6, 6.07) is 55.4. The Kier molecular flexibility index (Phi) is 6.32. The highest BCUT2D eigenvalue weighted by Crippen LogP contribution is 2.37. The van der Waals surface area contributed by atoms with E-state index in [0.29, 0.717) is 0 Å². The molecule has 2 atom stereocenters. The number of aliphatic imine (C=N–C) groups is 1. The summed E-state index contributed by atoms with van der Waals surface area (Å²) in [5.74, 6) is 0.846. The number of amidine groups is 1. The number of rotatable bonds is 5. The lowest BCUT2D eigenvalue weighted by Gasteiger charge is -2.44. The predicted molar refractivity (Wildman–Crippen MR) is 178 cm³/mol. The van der Waals surface area contributed by atoms with Gasteiger partial charge in [-0.1, -0.05) is 115 Å². The molecule has 1 aliphatic rings. The summed E-state index contributed by atoms with van der Waals surface area (Å²) in [4.78, 5) is 5.06. The molecule has 0 bridgehead atoms. The van der Waals surface area contributed by atoms with Crippen LogP contribution in [0, 0.1) is 0 Å². The molecule has 0 saturated heterocycles. The summed E-state index contributed by atoms with van der Waals surface area (Å²) in [7, 11) is 0. The van der Waals surface area contributed by atoms with Crippen molar-refractivity contribution in [2.45, 2.75) is 12.3 Å². The van der Waals surface area contributed by atoms with Crippen LogP contribution in [0.5, 0.6) is 0 Å². The number of nitrogens with zero attached hydrogens (tertiary/aromatic N) is 3. The number of fused-ring (bicyclic) bond motifs is 3. The fourth-order valence-electron chi connectivity index (χ4n) is 6.08. The van der Waals surface area contributed by atoms with Gasteiger partial charge in [-0.2, -0.15) is 0 Å². The Labute approximate surface area is 251 Å². The molecule has 1 aliphatic heterocycles. The van der Waals surface area contributed by atoms with Gasteiger partial charge < -0.3 is 15.2 Å². The first kappa shape index (κ1) is 25.3. The van der Waals surface area contributed by atoms with E-state index in [-0.39, 0.29) is 12.3 Å². The molecule has 1 N–H and O–H groups in total. The monoisotopic (exact) mass is 553 g/mol. The zero-order valence-corrected chi connectivity index (χ0v) is 23.5. The molecule has 0 radical (unpaired) electrons. The largest absolute Gasteiger partial charge is 0.613 e. The number of hydrogen-bond donors (Lipinski definition) is 1. The Balaban J connectivity index is 1.19. The van der Waals surface area contributed by atoms with Gasteiger partial charge >= 0.3 is 0 Å². The van der Waals surface area contributed by atoms with Gasteiger partial charge in [0.05, 0.1) is 11.0 Å². The van der Waals surface area contributed by atoms with Crippen LogP contribution in [-0.4, -0.2) is 10.4 Å². The summed E-state index contributed by atoms with van der Waals surface area (Å²) >= 11 is 0. The fraction of sp³-hybridized carbons (Fsp3) is 0.0513. The van der Waals surface area contributed by atoms with Crippen LogP contribution < -0.4 is 5.32 Å². The van der Waals surface area contributed by atoms with Crippen molar-refractivity contribution in [3.05, 3.63) is 180 Å². The van der Waals surface area contributed by atoms with Gasteiger partial charge in [0.15, 0.2) is 0 Å². The predicted octanol–water partition coefficient (Wildman–Crippen LogP) is 9.57. The van der Waals surface area contributed by atoms with E-state index in [0.717, 1.165) is 28.2 Å². The first-order valence-corrected chi connectivity index (χ1v) is 14.7. The Morgan fingerprint density at radius 3 is 1.86 bits per heavy atom. The van der Waals surface area contributed by atoms with E-state index in [9.17, 15) is 0 Å². The minimum absolute atomic E-state index is 0.185. The Bertz CT molecular complexity index is 2060. The van der Waals surface area contributed by atoms with Crippen molar-refractivity contribution in [1.29, 1.82) is 0 Å². The van der Waals surface area contributed by atoms with Crippen LogP contribution in [0.4, 0.5) is 0 Å². The normalized spacial score (nSPS) is 16.6. The molecule has 8 rings (SSSR count). The van der Waals surface area contributed by atoms with Gasteiger partial charge in [0.25, 0.3) is 0 Å². The molecule has 6 aromatic carbocycles. The number of hydrogen-bond acceptors (Lipinski definition) is 2. The maximum absolute atomic E-state index is 5.06. The van der Waals surface area contributed by atoms with Crippen LogP contribution in [0.2, 0.25) is 0 Å². The van der Waals surface area contributed by atoms with Crippen molar-refractivity contribution in [2.75, 3.05) is 0 Å². The number of benzene rings is 6. The summed E-state index contributed by atoms with van der Waals surface area (Å²) in [5, 5.41) is 11.1. The third-order valence-corrected chi connectivity index (χ3v) is 8.21. The maximum Gasteiger partial charge on any atom is 0.126 e. The van der Waals surface area contributed by atoms with Crippen molar-refractivity contribution in [3.63, 3.8) is 0 Å². The minimum Gasteiger partial charge on any atom is -0.613 e. The number of para-hydroxylation sites is 1. The van der Waals surface area contributed by atoms with Crippen LogP contribution in [0.1, 0.15) is 29.0 Å². The molecule has 2 heterocycles. The third-order valence-electron chi connectivity index (χ3n) is 8.21. The van der Waals surface area contributed by atoms with E-state index in [1.165, 1.54) is 32.9 Å². The summed E-state index contributed by atoms with van der Waals surface area (Å²) < 4.78 is 2.36. The Morgan fingerprint density at radius 2 is 1.12 bits per heavy atom. The summed E-state index contributed by atoms with van der Waals surface area (Å²) in [5.41, 5.74) is 9.17. The van der Waals surface area contributed by atoms with E-state index >= 15 is 0 Å². The van der Waals surface area contributed by atoms with E-state index in [1.54, 1.807) is 0 Å². The highest BCUT2D eigenvalue weighted by Gasteiger charge is 2.18. The molecule has 206 valence electrons. The van der Waals surface area contributed by atoms with E-state index in [4.69, 9.17) is 10.3 Å². The second-order valence-corrected chi connectivity index (χ2v) is 10.9. The highest BCUT2D eigenvalue weighted by atomic mass is 15.3. The van der Waals surface area contributed by atoms with Crippen LogP contribution in [0.15, 0.2) is 163 Å². The first-order chi connectivity index (χ1) is 21.3. The van der Waals surface area contributed by atoms with Gasteiger partial charge in [0, 0.05) is 22.0 Å². The molecule has 43 heavy (non-hydrogen) atoms. The lowest BCUT2D eigenvalue weighted by Crippen LogP contribution is -2.34. The molecule has 0 spiro atoms. The molecule has 0 saturated carbocycles. The van der Waals surface area contributed by atoms with E-state index in [2.05, 4.69) is 143 Å². The summed E-state index contributed by atoms with van der Waals surface area (Å²) in [6.07, 6.45) is -0.465. The first-order valence-electron chi connectivity index (χ1n) is 14.7. The average Bonchev–Trinajstić information content (AvgIpc) is 3.43. The molecule has 0 aliphatic carbocycles. The number of aromatic nitrogens is 1. The molecule has 4 nitrogen and oxygen atoms in total. The van der Waals surface area contributed by atoms with Crippen molar-refractivity contribution >= 4 is 27.6 Å². The molecule has 1 aromatic heterocycles. The molecule has 0 amide bonds. The van der Waals surface area contributed by atoms with Crippen LogP contribution in [0.3, 0.4) is 0 Å². The topological polar surface area (TPSA) is 43.4 Å². The van der Waals surface area contributed by atoms with Crippen molar-refractivity contribution in [2.24, 2.45) is 4.99 Å². The van der Waals surface area contributed by atoms with Gasteiger partial charge in [-0.3, -0.25) is 4.99 Å². The quantitative estimate of drug-likeness (QED) is 0.227. The van der Waals surface area contributed by atoms with Gasteiger partial charge in [0.1, 0.15) is 5.84 Å². The highest BCUT2D eigenvalue weighted by molar-refractivity contribution is 6.10. The molecular weight excluding hydrogens is 524 g/mol. The third kappa shape index (κ3) is 4.68. The molecule has 4 heteroatoms. The summed E-state index contributed by atoms with van der Waals surface area (Å²) in [6.45, 7) is 0. The van der Waals surface area contributed by atoms with Crippen molar-refractivity contribution in [3.8, 4) is 16.8 Å². The van der Waals surface area contributed by atoms with Crippen molar-refractivity contribution in [1.82, 2.24) is 9.88 Å². The maximum atomic E-state index is 5.06. The molecule has 7 aromatic rings. The van der Waals surface area contributed by atoms with Crippen molar-refractivity contribution < 1.29 is 0 Å². The molecular formula is C39H29N4-. The lowest BCUT2D eigenvalue weighted by molar-refractivity contribution is 0.631. The molecule has 2 unspecified atom stereocenters. The van der Waals surface area contributed by atoms with E-state index < -0.39 is 0 Å². The lowest BCUT2D eigenvalue weighted by atomic mass is 10.0. The number of nitrogens with one attached hydrogen (secondary N) is 1. The minimum atomic E-state index is -0.279. The zero-order valence-electron chi connectivity index (χ0n) is 23.5. The fourth-order valence-corrected chi connectivity index (χ4v) is 6.08. The van der Waals surface area contributed by atoms with Gasteiger partial charge in [-0.15, -0.1) is 0 Å². The second-order valence-electron chi connectivity index (χ2n) is 10.9. The van der Waals surface area contributed by atoms with Crippen LogP contribution in [-0.2, 0) is 0 Å². The average molecular weight is 554 g/mol. The van der Waals surface area contributed by atoms with E-state index in [1.807, 2.05) is 24.3 Å². The van der Waals surface area contributed by atoms with Crippen LogP contribution >= 0.6 is 0 Å². The van der Waals surface area contributed by atoms with Crippen LogP contribution in [0.25, 0.3) is 43.9 Å². The Hall–Kier alpha value is -5.45. The zero-order chi connectivity index (χ0) is 28.6. The van der Waals surface area contributed by atoms with Gasteiger partial charge in [-0.25, -0.2) is 0 Å². The standard InChI is InChI=1S/C39H29N4/c1-4-12-27(13-5-1)31-22-25-36-34(26-31)33-18-10-11-19-35(33)43(36)32-23-20-30(21-24-32)39-41-37(28-14-6-2-7-15-28)40-38(42-39)29-16-8-3-9-17-29/h1-26,37-38H,(H,41,42)/q-1. The smallest absolute Gasteiger partial charge is 0.126 e.